The molecule has 250 valence electrons. The standard InChI is InChI=1S/C39H39F4N3O2/c1-2-29-13-15-32(16-14-29)28-46(37(47)20-18-33-17-19-34(26-35(33)40)39(41,42)43)36(25-30-9-5-3-6-10-30)38(48)45-23-21-44(22-24-45)27-31-11-7-4-8-12-31/h3-20,26,36H,2,21-25,27-28H2,1H3/b20-18-/t36-/m0/s1. The molecule has 0 saturated carbocycles. The van der Waals surface area contributed by atoms with Crippen LogP contribution in [0.3, 0.4) is 0 Å². The lowest BCUT2D eigenvalue weighted by Gasteiger charge is -2.39. The van der Waals surface area contributed by atoms with Crippen LogP contribution in [0.2, 0.25) is 0 Å². The average Bonchev–Trinajstić information content (AvgIpc) is 3.10. The average molecular weight is 658 g/mol. The molecule has 0 aromatic heterocycles. The molecule has 0 unspecified atom stereocenters. The zero-order chi connectivity index (χ0) is 34.1. The van der Waals surface area contributed by atoms with Crippen LogP contribution >= 0.6 is 0 Å². The summed E-state index contributed by atoms with van der Waals surface area (Å²) in [6, 6.07) is 28.7. The SMILES string of the molecule is CCc1ccc(CN(C(=O)/C=C\c2ccc(C(F)(F)F)cc2F)[C@@H](Cc2ccccc2)C(=O)N2CCN(Cc3ccccc3)CC2)cc1. The van der Waals surface area contributed by atoms with E-state index in [4.69, 9.17) is 0 Å². The van der Waals surface area contributed by atoms with Gasteiger partial charge in [-0.25, -0.2) is 4.39 Å². The van der Waals surface area contributed by atoms with Gasteiger partial charge < -0.3 is 9.80 Å². The molecule has 0 spiro atoms. The molecular formula is C39H39F4N3O2. The Hall–Kier alpha value is -4.76. The molecule has 4 aromatic carbocycles. The van der Waals surface area contributed by atoms with E-state index in [0.717, 1.165) is 53.9 Å². The zero-order valence-corrected chi connectivity index (χ0v) is 26.9. The Kier molecular flexibility index (Phi) is 11.4. The monoisotopic (exact) mass is 657 g/mol. The molecule has 2 amide bonds. The maximum absolute atomic E-state index is 14.7. The van der Waals surface area contributed by atoms with E-state index in [1.807, 2.05) is 79.7 Å². The topological polar surface area (TPSA) is 43.9 Å². The fourth-order valence-electron chi connectivity index (χ4n) is 5.86. The number of amides is 2. The number of carbonyl (C=O) groups is 2. The van der Waals surface area contributed by atoms with E-state index in [0.29, 0.717) is 32.2 Å². The number of piperazine rings is 1. The number of aryl methyl sites for hydroxylation is 1. The van der Waals surface area contributed by atoms with Gasteiger partial charge in [-0.15, -0.1) is 0 Å². The third-order valence-electron chi connectivity index (χ3n) is 8.67. The van der Waals surface area contributed by atoms with Gasteiger partial charge in [-0.2, -0.15) is 13.2 Å². The number of alkyl halides is 3. The smallest absolute Gasteiger partial charge is 0.338 e. The molecule has 5 rings (SSSR count). The minimum atomic E-state index is -4.69. The van der Waals surface area contributed by atoms with Crippen LogP contribution in [-0.4, -0.2) is 58.7 Å². The first kappa shape index (κ1) is 34.6. The highest BCUT2D eigenvalue weighted by molar-refractivity contribution is 5.95. The first-order valence-electron chi connectivity index (χ1n) is 16.1. The Morgan fingerprint density at radius 2 is 1.40 bits per heavy atom. The van der Waals surface area contributed by atoms with Crippen LogP contribution in [0, 0.1) is 5.82 Å². The van der Waals surface area contributed by atoms with Crippen LogP contribution in [0.4, 0.5) is 17.6 Å². The second-order valence-corrected chi connectivity index (χ2v) is 12.0. The van der Waals surface area contributed by atoms with Crippen molar-refractivity contribution in [3.63, 3.8) is 0 Å². The first-order valence-corrected chi connectivity index (χ1v) is 16.1. The highest BCUT2D eigenvalue weighted by atomic mass is 19.4. The molecule has 1 fully saturated rings. The number of benzene rings is 4. The maximum atomic E-state index is 14.7. The summed E-state index contributed by atoms with van der Waals surface area (Å²) in [6.07, 6.45) is -1.30. The van der Waals surface area contributed by atoms with Crippen LogP contribution in [0.1, 0.15) is 40.3 Å². The molecular weight excluding hydrogens is 618 g/mol. The van der Waals surface area contributed by atoms with Crippen LogP contribution in [0.25, 0.3) is 6.08 Å². The van der Waals surface area contributed by atoms with E-state index < -0.39 is 29.5 Å². The van der Waals surface area contributed by atoms with Crippen molar-refractivity contribution >= 4 is 17.9 Å². The van der Waals surface area contributed by atoms with Crippen LogP contribution in [0.15, 0.2) is 109 Å². The van der Waals surface area contributed by atoms with Gasteiger partial charge in [-0.3, -0.25) is 14.5 Å². The molecule has 0 aliphatic carbocycles. The lowest BCUT2D eigenvalue weighted by molar-refractivity contribution is -0.145. The molecule has 1 saturated heterocycles. The van der Waals surface area contributed by atoms with Crippen molar-refractivity contribution in [2.45, 2.75) is 45.1 Å². The zero-order valence-electron chi connectivity index (χ0n) is 26.9. The highest BCUT2D eigenvalue weighted by Gasteiger charge is 2.34. The van der Waals surface area contributed by atoms with Crippen molar-refractivity contribution < 1.29 is 27.2 Å². The summed E-state index contributed by atoms with van der Waals surface area (Å²) in [5, 5.41) is 0. The van der Waals surface area contributed by atoms with Crippen molar-refractivity contribution in [3.05, 3.63) is 148 Å². The van der Waals surface area contributed by atoms with Gasteiger partial charge in [-0.05, 0) is 46.9 Å². The van der Waals surface area contributed by atoms with E-state index in [-0.39, 0.29) is 24.4 Å². The fourth-order valence-corrected chi connectivity index (χ4v) is 5.86. The van der Waals surface area contributed by atoms with Gasteiger partial charge >= 0.3 is 6.18 Å². The van der Waals surface area contributed by atoms with Gasteiger partial charge in [-0.1, -0.05) is 97.9 Å². The normalized spacial score (nSPS) is 14.6. The van der Waals surface area contributed by atoms with Gasteiger partial charge in [0.15, 0.2) is 0 Å². The van der Waals surface area contributed by atoms with E-state index in [9.17, 15) is 27.2 Å². The van der Waals surface area contributed by atoms with Crippen LogP contribution < -0.4 is 0 Å². The summed E-state index contributed by atoms with van der Waals surface area (Å²) in [6.45, 7) is 5.29. The van der Waals surface area contributed by atoms with Crippen LogP contribution in [-0.2, 0) is 41.7 Å². The first-order chi connectivity index (χ1) is 23.1. The van der Waals surface area contributed by atoms with Crippen molar-refractivity contribution in [1.29, 1.82) is 0 Å². The molecule has 5 nitrogen and oxygen atoms in total. The van der Waals surface area contributed by atoms with Gasteiger partial charge in [0.25, 0.3) is 0 Å². The molecule has 1 aliphatic rings. The summed E-state index contributed by atoms with van der Waals surface area (Å²) < 4.78 is 54.0. The number of hydrogen-bond donors (Lipinski definition) is 0. The Balaban J connectivity index is 1.43. The summed E-state index contributed by atoms with van der Waals surface area (Å²) in [4.78, 5) is 34.0. The van der Waals surface area contributed by atoms with E-state index in [2.05, 4.69) is 17.0 Å². The van der Waals surface area contributed by atoms with Gasteiger partial charge in [0, 0.05) is 57.3 Å². The number of nitrogens with zero attached hydrogens (tertiary/aromatic N) is 3. The second kappa shape index (κ2) is 15.9. The highest BCUT2D eigenvalue weighted by Crippen LogP contribution is 2.30. The summed E-state index contributed by atoms with van der Waals surface area (Å²) in [7, 11) is 0. The Morgan fingerprint density at radius 1 is 0.792 bits per heavy atom. The molecule has 0 bridgehead atoms. The van der Waals surface area contributed by atoms with E-state index in [1.165, 1.54) is 10.5 Å². The summed E-state index contributed by atoms with van der Waals surface area (Å²) >= 11 is 0. The molecule has 0 N–H and O–H groups in total. The predicted molar refractivity (Wildman–Crippen MR) is 179 cm³/mol. The number of hydrogen-bond acceptors (Lipinski definition) is 3. The molecule has 9 heteroatoms. The number of carbonyl (C=O) groups excluding carboxylic acids is 2. The molecule has 1 heterocycles. The third kappa shape index (κ3) is 9.19. The van der Waals surface area contributed by atoms with Gasteiger partial charge in [0.2, 0.25) is 11.8 Å². The Labute approximate surface area is 279 Å². The quantitative estimate of drug-likeness (QED) is 0.125. The minimum Gasteiger partial charge on any atom is -0.338 e. The van der Waals surface area contributed by atoms with Gasteiger partial charge in [0.05, 0.1) is 5.56 Å². The number of rotatable bonds is 11. The lowest BCUT2D eigenvalue weighted by atomic mass is 10.0. The summed E-state index contributed by atoms with van der Waals surface area (Å²) in [5.74, 6) is -1.84. The van der Waals surface area contributed by atoms with E-state index >= 15 is 0 Å². The Bertz CT molecular complexity index is 1680. The van der Waals surface area contributed by atoms with Crippen molar-refractivity contribution in [3.8, 4) is 0 Å². The summed E-state index contributed by atoms with van der Waals surface area (Å²) in [5.41, 5.74) is 2.73. The molecule has 1 atom stereocenters. The maximum Gasteiger partial charge on any atom is 0.416 e. The van der Waals surface area contributed by atoms with Crippen molar-refractivity contribution in [2.24, 2.45) is 0 Å². The number of halogens is 4. The van der Waals surface area contributed by atoms with Crippen molar-refractivity contribution in [1.82, 2.24) is 14.7 Å². The van der Waals surface area contributed by atoms with Crippen molar-refractivity contribution in [2.75, 3.05) is 26.2 Å². The predicted octanol–water partition coefficient (Wildman–Crippen LogP) is 7.40. The second-order valence-electron chi connectivity index (χ2n) is 12.0. The minimum absolute atomic E-state index is 0.111. The molecule has 1 aliphatic heterocycles. The van der Waals surface area contributed by atoms with Gasteiger partial charge in [0.1, 0.15) is 11.9 Å². The Morgan fingerprint density at radius 3 is 1.98 bits per heavy atom. The molecule has 48 heavy (non-hydrogen) atoms. The molecule has 4 aromatic rings. The largest absolute Gasteiger partial charge is 0.416 e. The molecule has 0 radical (unpaired) electrons. The third-order valence-corrected chi connectivity index (χ3v) is 8.67. The van der Waals surface area contributed by atoms with Crippen LogP contribution in [0.5, 0.6) is 0 Å². The lowest BCUT2D eigenvalue weighted by Crippen LogP contribution is -2.56. The van der Waals surface area contributed by atoms with E-state index in [1.54, 1.807) is 4.90 Å². The fraction of sp³-hybridized carbons (Fsp3) is 0.282.